The highest BCUT2D eigenvalue weighted by atomic mass is 35.5. The molecule has 0 aliphatic rings. The van der Waals surface area contributed by atoms with Crippen molar-refractivity contribution in [3.05, 3.63) is 46.3 Å². The van der Waals surface area contributed by atoms with E-state index < -0.39 is 0 Å². The third kappa shape index (κ3) is 3.80. The molecule has 5 heteroatoms. The fraction of sp³-hybridized carbons (Fsp3) is 0.214. The average molecular weight is 296 g/mol. The van der Waals surface area contributed by atoms with E-state index in [0.29, 0.717) is 22.9 Å². The molecule has 0 aliphatic heterocycles. The van der Waals surface area contributed by atoms with Gasteiger partial charge in [-0.25, -0.2) is 0 Å². The van der Waals surface area contributed by atoms with Crippen LogP contribution in [-0.2, 0) is 0 Å². The van der Waals surface area contributed by atoms with E-state index in [2.05, 4.69) is 5.32 Å². The minimum absolute atomic E-state index is 0.0841. The Hall–Kier alpha value is -1.36. The summed E-state index contributed by atoms with van der Waals surface area (Å²) in [6.45, 7) is 0.574. The number of halogens is 1. The zero-order valence-corrected chi connectivity index (χ0v) is 11.8. The van der Waals surface area contributed by atoms with E-state index in [9.17, 15) is 4.79 Å². The maximum absolute atomic E-state index is 11.8. The van der Waals surface area contributed by atoms with Crippen LogP contribution in [0.5, 0.6) is 0 Å². The third-order valence-electron chi connectivity index (χ3n) is 2.58. The summed E-state index contributed by atoms with van der Waals surface area (Å²) in [7, 11) is 0. The number of carbonyl (C=O) groups excluding carboxylic acids is 1. The molecule has 2 N–H and O–H groups in total. The van der Waals surface area contributed by atoms with Gasteiger partial charge in [0.05, 0.1) is 4.88 Å². The first kappa shape index (κ1) is 14.1. The molecule has 0 fully saturated rings. The summed E-state index contributed by atoms with van der Waals surface area (Å²) in [6, 6.07) is 11.3. The maximum Gasteiger partial charge on any atom is 0.261 e. The van der Waals surface area contributed by atoms with E-state index in [4.69, 9.17) is 16.7 Å². The summed E-state index contributed by atoms with van der Waals surface area (Å²) < 4.78 is 0. The summed E-state index contributed by atoms with van der Waals surface area (Å²) in [5.74, 6) is -0.0985. The van der Waals surface area contributed by atoms with E-state index >= 15 is 0 Å². The molecule has 1 heterocycles. The largest absolute Gasteiger partial charge is 0.396 e. The van der Waals surface area contributed by atoms with Crippen molar-refractivity contribution in [2.75, 3.05) is 13.2 Å². The average Bonchev–Trinajstić information content (AvgIpc) is 2.89. The second-order valence-corrected chi connectivity index (χ2v) is 5.52. The van der Waals surface area contributed by atoms with Crippen molar-refractivity contribution < 1.29 is 9.90 Å². The topological polar surface area (TPSA) is 49.3 Å². The molecule has 0 saturated heterocycles. The number of rotatable bonds is 5. The fourth-order valence-corrected chi connectivity index (χ4v) is 2.65. The van der Waals surface area contributed by atoms with Crippen LogP contribution in [0.1, 0.15) is 16.1 Å². The van der Waals surface area contributed by atoms with Gasteiger partial charge in [-0.05, 0) is 36.2 Å². The fourth-order valence-electron chi connectivity index (χ4n) is 1.60. The lowest BCUT2D eigenvalue weighted by Gasteiger charge is -2.01. The van der Waals surface area contributed by atoms with Gasteiger partial charge in [-0.2, -0.15) is 0 Å². The molecule has 0 unspecified atom stereocenters. The lowest BCUT2D eigenvalue weighted by atomic mass is 10.2. The van der Waals surface area contributed by atoms with E-state index in [1.165, 1.54) is 11.3 Å². The van der Waals surface area contributed by atoms with Gasteiger partial charge >= 0.3 is 0 Å². The van der Waals surface area contributed by atoms with Crippen LogP contribution in [0.3, 0.4) is 0 Å². The minimum Gasteiger partial charge on any atom is -0.396 e. The van der Waals surface area contributed by atoms with Crippen molar-refractivity contribution in [2.24, 2.45) is 0 Å². The van der Waals surface area contributed by atoms with E-state index in [1.807, 2.05) is 36.4 Å². The summed E-state index contributed by atoms with van der Waals surface area (Å²) in [5.41, 5.74) is 1.05. The molecule has 0 aliphatic carbocycles. The normalized spacial score (nSPS) is 10.4. The molecule has 1 aromatic carbocycles. The van der Waals surface area contributed by atoms with E-state index in [0.717, 1.165) is 10.4 Å². The van der Waals surface area contributed by atoms with Gasteiger partial charge in [0.15, 0.2) is 0 Å². The number of hydrogen-bond donors (Lipinski definition) is 2. The quantitative estimate of drug-likeness (QED) is 0.832. The molecule has 0 atom stereocenters. The van der Waals surface area contributed by atoms with Gasteiger partial charge in [0, 0.05) is 23.1 Å². The zero-order valence-electron chi connectivity index (χ0n) is 10.2. The summed E-state index contributed by atoms with van der Waals surface area (Å²) in [6.07, 6.45) is 0.571. The smallest absolute Gasteiger partial charge is 0.261 e. The summed E-state index contributed by atoms with van der Waals surface area (Å²) in [4.78, 5) is 13.5. The summed E-state index contributed by atoms with van der Waals surface area (Å²) in [5, 5.41) is 12.1. The molecule has 0 radical (unpaired) electrons. The lowest BCUT2D eigenvalue weighted by Crippen LogP contribution is -2.24. The molecule has 19 heavy (non-hydrogen) atoms. The van der Waals surface area contributed by atoms with Crippen LogP contribution in [0.2, 0.25) is 5.02 Å². The predicted octanol–water partition coefficient (Wildman–Crippen LogP) is 3.18. The minimum atomic E-state index is -0.0985. The number of aliphatic hydroxyl groups is 1. The number of amides is 1. The van der Waals surface area contributed by atoms with Crippen molar-refractivity contribution in [3.8, 4) is 10.4 Å². The highest BCUT2D eigenvalue weighted by molar-refractivity contribution is 7.17. The van der Waals surface area contributed by atoms with Crippen LogP contribution in [0.4, 0.5) is 0 Å². The van der Waals surface area contributed by atoms with Gasteiger partial charge < -0.3 is 10.4 Å². The van der Waals surface area contributed by atoms with Gasteiger partial charge in [0.2, 0.25) is 0 Å². The van der Waals surface area contributed by atoms with Crippen molar-refractivity contribution in [1.29, 1.82) is 0 Å². The second kappa shape index (κ2) is 6.70. The Morgan fingerprint density at radius 1 is 1.21 bits per heavy atom. The molecule has 3 nitrogen and oxygen atoms in total. The van der Waals surface area contributed by atoms with Gasteiger partial charge in [-0.3, -0.25) is 4.79 Å². The van der Waals surface area contributed by atoms with E-state index in [-0.39, 0.29) is 12.5 Å². The molecule has 2 rings (SSSR count). The molecule has 100 valence electrons. The van der Waals surface area contributed by atoms with Gasteiger partial charge in [0.1, 0.15) is 0 Å². The van der Waals surface area contributed by atoms with Gasteiger partial charge in [-0.1, -0.05) is 23.7 Å². The van der Waals surface area contributed by atoms with Gasteiger partial charge in [-0.15, -0.1) is 11.3 Å². The Kier molecular flexibility index (Phi) is 4.96. The van der Waals surface area contributed by atoms with Crippen LogP contribution in [0.25, 0.3) is 10.4 Å². The van der Waals surface area contributed by atoms with Crippen molar-refractivity contribution in [1.82, 2.24) is 5.32 Å². The monoisotopic (exact) mass is 295 g/mol. The van der Waals surface area contributed by atoms with E-state index in [1.54, 1.807) is 0 Å². The van der Waals surface area contributed by atoms with Crippen LogP contribution in [0.15, 0.2) is 36.4 Å². The van der Waals surface area contributed by atoms with Crippen LogP contribution in [-0.4, -0.2) is 24.2 Å². The number of hydrogen-bond acceptors (Lipinski definition) is 3. The molecular weight excluding hydrogens is 282 g/mol. The maximum atomic E-state index is 11.8. The molecule has 0 spiro atoms. The first-order valence-corrected chi connectivity index (χ1v) is 7.15. The van der Waals surface area contributed by atoms with Gasteiger partial charge in [0.25, 0.3) is 5.91 Å². The SMILES string of the molecule is O=C(NCCCO)c1ccc(-c2ccc(Cl)cc2)s1. The van der Waals surface area contributed by atoms with Crippen molar-refractivity contribution in [2.45, 2.75) is 6.42 Å². The summed E-state index contributed by atoms with van der Waals surface area (Å²) >= 11 is 7.28. The Bertz CT molecular complexity index is 551. The highest BCUT2D eigenvalue weighted by Crippen LogP contribution is 2.28. The highest BCUT2D eigenvalue weighted by Gasteiger charge is 2.09. The predicted molar refractivity (Wildman–Crippen MR) is 78.8 cm³/mol. The van der Waals surface area contributed by atoms with Crippen LogP contribution >= 0.6 is 22.9 Å². The molecule has 1 amide bonds. The standard InChI is InChI=1S/C14H14ClNO2S/c15-11-4-2-10(3-5-11)12-6-7-13(19-12)14(18)16-8-1-9-17/h2-7,17H,1,8-9H2,(H,16,18). The molecule has 0 saturated carbocycles. The Labute approximate surface area is 120 Å². The third-order valence-corrected chi connectivity index (χ3v) is 3.96. The molecule has 2 aromatic rings. The Morgan fingerprint density at radius 3 is 2.63 bits per heavy atom. The number of carbonyl (C=O) groups is 1. The number of benzene rings is 1. The first-order chi connectivity index (χ1) is 9.20. The molecule has 1 aromatic heterocycles. The van der Waals surface area contributed by atoms with Crippen molar-refractivity contribution >= 4 is 28.8 Å². The molecular formula is C14H14ClNO2S. The number of thiophene rings is 1. The Balaban J connectivity index is 2.06. The van der Waals surface area contributed by atoms with Crippen molar-refractivity contribution in [3.63, 3.8) is 0 Å². The molecule has 0 bridgehead atoms. The lowest BCUT2D eigenvalue weighted by molar-refractivity contribution is 0.0955. The van der Waals surface area contributed by atoms with Crippen LogP contribution in [0, 0.1) is 0 Å². The first-order valence-electron chi connectivity index (χ1n) is 5.95. The number of aliphatic hydroxyl groups excluding tert-OH is 1. The van der Waals surface area contributed by atoms with Crippen LogP contribution < -0.4 is 5.32 Å². The second-order valence-electron chi connectivity index (χ2n) is 4.00. The zero-order chi connectivity index (χ0) is 13.7. The number of nitrogens with one attached hydrogen (secondary N) is 1. The Morgan fingerprint density at radius 2 is 1.95 bits per heavy atom.